The summed E-state index contributed by atoms with van der Waals surface area (Å²) in [5.74, 6) is 0.349. The molecule has 13 nitrogen and oxygen atoms in total. The quantitative estimate of drug-likeness (QED) is 0.293. The lowest BCUT2D eigenvalue weighted by atomic mass is 10.1. The summed E-state index contributed by atoms with van der Waals surface area (Å²) in [7, 11) is 1.78. The van der Waals surface area contributed by atoms with Gasteiger partial charge in [-0.25, -0.2) is 38.4 Å². The van der Waals surface area contributed by atoms with E-state index in [-0.39, 0.29) is 23.7 Å². The molecule has 15 heteroatoms. The smallest absolute Gasteiger partial charge is 0.245 e. The molecule has 0 aliphatic carbocycles. The maximum atomic E-state index is 14.8. The molecule has 2 aliphatic heterocycles. The third kappa shape index (κ3) is 5.39. The summed E-state index contributed by atoms with van der Waals surface area (Å²) >= 11 is 0. The molecular formula is C34H33F2N11O2. The molecule has 1 saturated heterocycles. The third-order valence-electron chi connectivity index (χ3n) is 9.19. The SMILES string of the molecule is CCO[C@H]1CN(C)C(=O)[C@@H]2C[C@@H](CN2c2ncnc3c2cnn3-c2ccc(F)cc2F)Nc2cccc(n2)-c2ccnc3nc(C)n(c23)C1. The van der Waals surface area contributed by atoms with Crippen molar-refractivity contribution in [2.75, 3.05) is 37.0 Å². The van der Waals surface area contributed by atoms with Gasteiger partial charge in [-0.1, -0.05) is 6.07 Å². The highest BCUT2D eigenvalue weighted by Gasteiger charge is 2.41. The predicted octanol–water partition coefficient (Wildman–Crippen LogP) is 4.15. The van der Waals surface area contributed by atoms with Gasteiger partial charge < -0.3 is 24.4 Å². The number of nitrogens with zero attached hydrogens (tertiary/aromatic N) is 10. The topological polar surface area (TPSA) is 132 Å². The van der Waals surface area contributed by atoms with E-state index in [1.165, 1.54) is 23.1 Å². The van der Waals surface area contributed by atoms with E-state index in [1.807, 2.05) is 43.0 Å². The minimum atomic E-state index is -0.775. The van der Waals surface area contributed by atoms with Crippen LogP contribution in [0.5, 0.6) is 0 Å². The van der Waals surface area contributed by atoms with Crippen LogP contribution in [0.15, 0.2) is 61.2 Å². The number of rotatable bonds is 4. The second-order valence-electron chi connectivity index (χ2n) is 12.3. The van der Waals surface area contributed by atoms with Gasteiger partial charge in [0.05, 0.1) is 35.4 Å². The average molecular weight is 666 g/mol. The molecule has 49 heavy (non-hydrogen) atoms. The van der Waals surface area contributed by atoms with Crippen molar-refractivity contribution in [2.45, 2.75) is 45.0 Å². The Morgan fingerprint density at radius 3 is 2.76 bits per heavy atom. The van der Waals surface area contributed by atoms with Gasteiger partial charge in [0.2, 0.25) is 5.91 Å². The first kappa shape index (κ1) is 30.7. The van der Waals surface area contributed by atoms with Crippen molar-refractivity contribution in [3.05, 3.63) is 78.6 Å². The van der Waals surface area contributed by atoms with Gasteiger partial charge in [0, 0.05) is 50.6 Å². The van der Waals surface area contributed by atoms with Crippen molar-refractivity contribution in [3.63, 3.8) is 0 Å². The van der Waals surface area contributed by atoms with Crippen LogP contribution in [-0.2, 0) is 16.1 Å². The van der Waals surface area contributed by atoms with Crippen molar-refractivity contribution in [2.24, 2.45) is 0 Å². The number of aromatic nitrogens is 8. The van der Waals surface area contributed by atoms with Gasteiger partial charge in [0.15, 0.2) is 17.1 Å². The zero-order valence-corrected chi connectivity index (χ0v) is 27.1. The molecule has 6 aromatic rings. The second-order valence-corrected chi connectivity index (χ2v) is 12.3. The van der Waals surface area contributed by atoms with E-state index < -0.39 is 17.7 Å². The van der Waals surface area contributed by atoms with Gasteiger partial charge in [-0.3, -0.25) is 4.79 Å². The first-order chi connectivity index (χ1) is 23.8. The number of pyridine rings is 2. The first-order valence-corrected chi connectivity index (χ1v) is 16.1. The number of hydrogen-bond acceptors (Lipinski definition) is 10. The Balaban J connectivity index is 1.22. The molecule has 4 bridgehead atoms. The molecule has 5 aromatic heterocycles. The number of amides is 1. The number of nitrogens with one attached hydrogen (secondary N) is 1. The van der Waals surface area contributed by atoms with Gasteiger partial charge in [0.25, 0.3) is 0 Å². The average Bonchev–Trinajstić information content (AvgIpc) is 3.79. The minimum Gasteiger partial charge on any atom is -0.375 e. The normalized spacial score (nSPS) is 19.7. The maximum absolute atomic E-state index is 14.8. The van der Waals surface area contributed by atoms with E-state index in [0.717, 1.165) is 28.7 Å². The van der Waals surface area contributed by atoms with Crippen LogP contribution < -0.4 is 10.2 Å². The van der Waals surface area contributed by atoms with Crippen LogP contribution in [0.3, 0.4) is 0 Å². The monoisotopic (exact) mass is 665 g/mol. The van der Waals surface area contributed by atoms with Crippen LogP contribution in [0.4, 0.5) is 20.4 Å². The van der Waals surface area contributed by atoms with Crippen LogP contribution in [-0.4, -0.2) is 95.0 Å². The van der Waals surface area contributed by atoms with Crippen molar-refractivity contribution < 1.29 is 18.3 Å². The summed E-state index contributed by atoms with van der Waals surface area (Å²) in [4.78, 5) is 41.3. The summed E-state index contributed by atoms with van der Waals surface area (Å²) in [6.07, 6.45) is 4.77. The summed E-state index contributed by atoms with van der Waals surface area (Å²) in [6, 6.07) is 10.3. The number of ether oxygens (including phenoxy) is 1. The molecule has 1 amide bonds. The highest BCUT2D eigenvalue weighted by molar-refractivity contribution is 5.93. The largest absolute Gasteiger partial charge is 0.375 e. The van der Waals surface area contributed by atoms with Gasteiger partial charge in [0.1, 0.15) is 41.3 Å². The predicted molar refractivity (Wildman–Crippen MR) is 178 cm³/mol. The molecule has 8 rings (SSSR count). The van der Waals surface area contributed by atoms with Crippen molar-refractivity contribution >= 4 is 39.7 Å². The Hall–Kier alpha value is -5.57. The van der Waals surface area contributed by atoms with Crippen LogP contribution in [0, 0.1) is 18.6 Å². The number of carbonyl (C=O) groups excluding carboxylic acids is 1. The third-order valence-corrected chi connectivity index (χ3v) is 9.19. The zero-order chi connectivity index (χ0) is 33.8. The Morgan fingerprint density at radius 1 is 1.04 bits per heavy atom. The lowest BCUT2D eigenvalue weighted by Gasteiger charge is -2.31. The van der Waals surface area contributed by atoms with Gasteiger partial charge >= 0.3 is 0 Å². The standard InChI is InChI=1S/C34H33F2N11O2/c1-4-49-22-16-44(3)34(48)28-13-21(42-29-7-5-6-26(43-29)23-10-11-37-31-30(23)45(17-22)19(2)41-31)15-46(28)32-24-14-40-47(33(24)39-18-38-32)27-9-8-20(35)12-25(27)36/h5-12,14,18,21-22,28H,4,13,15-17H2,1-3H3,(H,42,43)/t21-,22-,28-/m0/s1. The lowest BCUT2D eigenvalue weighted by Crippen LogP contribution is -2.47. The summed E-state index contributed by atoms with van der Waals surface area (Å²) in [5, 5.41) is 8.48. The Morgan fingerprint density at radius 2 is 1.92 bits per heavy atom. The number of benzene rings is 1. The highest BCUT2D eigenvalue weighted by Crippen LogP contribution is 2.34. The molecule has 0 unspecified atom stereocenters. The summed E-state index contributed by atoms with van der Waals surface area (Å²) in [5.41, 5.74) is 3.52. The molecule has 0 spiro atoms. The number of aryl methyl sites for hydroxylation is 1. The number of imidazole rings is 1. The molecule has 0 saturated carbocycles. The van der Waals surface area contributed by atoms with Crippen molar-refractivity contribution in [3.8, 4) is 16.9 Å². The fraction of sp³-hybridized carbons (Fsp3) is 0.324. The fourth-order valence-electron chi connectivity index (χ4n) is 7.02. The molecule has 7 heterocycles. The molecular weight excluding hydrogens is 632 g/mol. The number of anilines is 2. The molecule has 1 aromatic carbocycles. The first-order valence-electron chi connectivity index (χ1n) is 16.1. The molecule has 0 radical (unpaired) electrons. The Kier molecular flexibility index (Phi) is 7.62. The molecule has 3 atom stereocenters. The maximum Gasteiger partial charge on any atom is 0.245 e. The molecule has 2 aliphatic rings. The number of fused-ring (bicyclic) bond motifs is 6. The van der Waals surface area contributed by atoms with Crippen LogP contribution in [0.2, 0.25) is 0 Å². The van der Waals surface area contributed by atoms with Crippen LogP contribution >= 0.6 is 0 Å². The van der Waals surface area contributed by atoms with E-state index in [1.54, 1.807) is 24.3 Å². The molecule has 250 valence electrons. The summed E-state index contributed by atoms with van der Waals surface area (Å²) in [6.45, 7) is 5.54. The Labute approximate surface area is 279 Å². The fourth-order valence-corrected chi connectivity index (χ4v) is 7.02. The van der Waals surface area contributed by atoms with Gasteiger partial charge in [-0.05, 0) is 50.6 Å². The second kappa shape index (κ2) is 12.1. The number of halogens is 2. The van der Waals surface area contributed by atoms with E-state index in [9.17, 15) is 13.6 Å². The van der Waals surface area contributed by atoms with Crippen LogP contribution in [0.1, 0.15) is 19.2 Å². The number of hydrogen-bond donors (Lipinski definition) is 1. The molecule has 1 fully saturated rings. The van der Waals surface area contributed by atoms with E-state index in [2.05, 4.69) is 29.9 Å². The lowest BCUT2D eigenvalue weighted by molar-refractivity contribution is -0.133. The Bertz CT molecular complexity index is 2220. The van der Waals surface area contributed by atoms with Crippen molar-refractivity contribution in [1.29, 1.82) is 0 Å². The van der Waals surface area contributed by atoms with Gasteiger partial charge in [-0.2, -0.15) is 5.10 Å². The summed E-state index contributed by atoms with van der Waals surface area (Å²) < 4.78 is 38.1. The highest BCUT2D eigenvalue weighted by atomic mass is 19.1. The van der Waals surface area contributed by atoms with Crippen molar-refractivity contribution in [1.82, 2.24) is 44.2 Å². The number of likely N-dealkylation sites (N-methyl/N-ethyl adjacent to an activating group) is 1. The molecule has 1 N–H and O–H groups in total. The van der Waals surface area contributed by atoms with E-state index in [0.29, 0.717) is 61.0 Å². The number of carbonyl (C=O) groups is 1. The van der Waals surface area contributed by atoms with E-state index in [4.69, 9.17) is 14.7 Å². The van der Waals surface area contributed by atoms with Crippen LogP contribution in [0.25, 0.3) is 39.1 Å². The zero-order valence-electron chi connectivity index (χ0n) is 27.1. The van der Waals surface area contributed by atoms with E-state index >= 15 is 0 Å². The van der Waals surface area contributed by atoms with Gasteiger partial charge in [-0.15, -0.1) is 0 Å². The minimum absolute atomic E-state index is 0.0477.